The zero-order chi connectivity index (χ0) is 14.6. The molecule has 1 aliphatic rings. The van der Waals surface area contributed by atoms with Crippen LogP contribution in [0.3, 0.4) is 0 Å². The van der Waals surface area contributed by atoms with E-state index in [-0.39, 0.29) is 11.2 Å². The Balaban J connectivity index is 1.94. The van der Waals surface area contributed by atoms with E-state index >= 15 is 0 Å². The Bertz CT molecular complexity index is 489. The summed E-state index contributed by atoms with van der Waals surface area (Å²) in [5.41, 5.74) is 2.18. The normalized spacial score (nSPS) is 15.4. The van der Waals surface area contributed by atoms with E-state index in [0.29, 0.717) is 6.42 Å². The van der Waals surface area contributed by atoms with Gasteiger partial charge in [-0.1, -0.05) is 45.0 Å². The summed E-state index contributed by atoms with van der Waals surface area (Å²) in [7, 11) is 0. The molecule has 0 radical (unpaired) electrons. The maximum atomic E-state index is 12.2. The highest BCUT2D eigenvalue weighted by Crippen LogP contribution is 2.23. The van der Waals surface area contributed by atoms with E-state index in [1.165, 1.54) is 5.56 Å². The molecule has 0 spiro atoms. The summed E-state index contributed by atoms with van der Waals surface area (Å²) >= 11 is 0. The van der Waals surface area contributed by atoms with E-state index in [2.05, 4.69) is 39.0 Å². The van der Waals surface area contributed by atoms with Gasteiger partial charge in [0, 0.05) is 18.4 Å². The Kier molecular flexibility index (Phi) is 4.64. The van der Waals surface area contributed by atoms with Crippen LogP contribution in [0.5, 0.6) is 0 Å². The molecule has 1 aromatic carbocycles. The van der Waals surface area contributed by atoms with Crippen LogP contribution in [0.25, 0.3) is 0 Å². The first-order chi connectivity index (χ1) is 9.47. The van der Waals surface area contributed by atoms with Gasteiger partial charge < -0.3 is 4.74 Å². The Morgan fingerprint density at radius 2 is 1.90 bits per heavy atom. The molecule has 0 bridgehead atoms. The Morgan fingerprint density at radius 3 is 2.45 bits per heavy atom. The second-order valence-corrected chi connectivity index (χ2v) is 6.41. The third-order valence-corrected chi connectivity index (χ3v) is 3.68. The third-order valence-electron chi connectivity index (χ3n) is 3.68. The molecule has 2 nitrogen and oxygen atoms in total. The van der Waals surface area contributed by atoms with Crippen molar-refractivity contribution in [3.8, 4) is 0 Å². The monoisotopic (exact) mass is 272 g/mol. The first-order valence-electron chi connectivity index (χ1n) is 7.42. The molecular weight excluding hydrogens is 248 g/mol. The lowest BCUT2D eigenvalue weighted by molar-refractivity contribution is 0.0970. The van der Waals surface area contributed by atoms with Gasteiger partial charge in [-0.3, -0.25) is 4.79 Å². The number of hydrogen-bond donors (Lipinski definition) is 0. The molecule has 2 heteroatoms. The van der Waals surface area contributed by atoms with Crippen LogP contribution in [0, 0.1) is 0 Å². The van der Waals surface area contributed by atoms with E-state index in [4.69, 9.17) is 4.74 Å². The van der Waals surface area contributed by atoms with Gasteiger partial charge in [-0.15, -0.1) is 0 Å². The number of benzene rings is 1. The van der Waals surface area contributed by atoms with Crippen molar-refractivity contribution >= 4 is 5.78 Å². The van der Waals surface area contributed by atoms with Crippen molar-refractivity contribution in [3.05, 3.63) is 47.2 Å². The van der Waals surface area contributed by atoms with Gasteiger partial charge in [-0.05, 0) is 29.9 Å². The molecule has 1 aromatic rings. The first kappa shape index (κ1) is 14.8. The molecule has 20 heavy (non-hydrogen) atoms. The first-order valence-corrected chi connectivity index (χ1v) is 7.42. The third kappa shape index (κ3) is 3.96. The number of carbonyl (C=O) groups excluding carboxylic acids is 1. The van der Waals surface area contributed by atoms with E-state index in [1.54, 1.807) is 0 Å². The second-order valence-electron chi connectivity index (χ2n) is 6.41. The molecule has 2 rings (SSSR count). The minimum Gasteiger partial charge on any atom is -0.498 e. The maximum Gasteiger partial charge on any atom is 0.163 e. The SMILES string of the molecule is CC(C)(C)c1ccc(C(=O)CCC2=CCCCO2)cc1. The minimum absolute atomic E-state index is 0.127. The van der Waals surface area contributed by atoms with Gasteiger partial charge in [-0.25, -0.2) is 0 Å². The predicted octanol–water partition coefficient (Wildman–Crippen LogP) is 4.64. The van der Waals surface area contributed by atoms with Gasteiger partial charge >= 0.3 is 0 Å². The Hall–Kier alpha value is -1.57. The molecule has 0 atom stereocenters. The molecule has 0 unspecified atom stereocenters. The highest BCUT2D eigenvalue weighted by Gasteiger charge is 2.15. The highest BCUT2D eigenvalue weighted by atomic mass is 16.5. The van der Waals surface area contributed by atoms with Crippen molar-refractivity contribution in [2.45, 2.75) is 51.9 Å². The lowest BCUT2D eigenvalue weighted by Gasteiger charge is -2.19. The molecule has 108 valence electrons. The number of allylic oxidation sites excluding steroid dienone is 2. The van der Waals surface area contributed by atoms with E-state index in [9.17, 15) is 4.79 Å². The average molecular weight is 272 g/mol. The van der Waals surface area contributed by atoms with Crippen LogP contribution in [0.2, 0.25) is 0 Å². The number of rotatable bonds is 4. The van der Waals surface area contributed by atoms with Gasteiger partial charge in [0.2, 0.25) is 0 Å². The van der Waals surface area contributed by atoms with Crippen molar-refractivity contribution in [2.75, 3.05) is 6.61 Å². The van der Waals surface area contributed by atoms with Crippen molar-refractivity contribution in [1.82, 2.24) is 0 Å². The molecule has 0 saturated carbocycles. The van der Waals surface area contributed by atoms with E-state index in [1.807, 2.05) is 12.1 Å². The number of hydrogen-bond acceptors (Lipinski definition) is 2. The number of ether oxygens (including phenoxy) is 1. The van der Waals surface area contributed by atoms with Crippen LogP contribution in [0.4, 0.5) is 0 Å². The molecule has 1 aliphatic heterocycles. The standard InChI is InChI=1S/C18H24O2/c1-18(2,3)15-9-7-14(8-10-15)17(19)12-11-16-6-4-5-13-20-16/h6-10H,4-5,11-13H2,1-3H3. The van der Waals surface area contributed by atoms with Crippen LogP contribution in [-0.4, -0.2) is 12.4 Å². The zero-order valence-corrected chi connectivity index (χ0v) is 12.7. The lowest BCUT2D eigenvalue weighted by atomic mass is 9.86. The molecule has 0 aromatic heterocycles. The summed E-state index contributed by atoms with van der Waals surface area (Å²) in [5, 5.41) is 0. The largest absolute Gasteiger partial charge is 0.498 e. The van der Waals surface area contributed by atoms with Gasteiger partial charge in [0.05, 0.1) is 12.4 Å². The van der Waals surface area contributed by atoms with E-state index in [0.717, 1.165) is 37.2 Å². The van der Waals surface area contributed by atoms with Crippen LogP contribution in [-0.2, 0) is 10.2 Å². The second kappa shape index (κ2) is 6.25. The summed E-state index contributed by atoms with van der Waals surface area (Å²) in [6.07, 6.45) is 5.52. The van der Waals surface area contributed by atoms with Crippen LogP contribution < -0.4 is 0 Å². The fourth-order valence-corrected chi connectivity index (χ4v) is 2.32. The van der Waals surface area contributed by atoms with Crippen LogP contribution in [0.1, 0.15) is 62.4 Å². The average Bonchev–Trinajstić information content (AvgIpc) is 2.45. The summed E-state index contributed by atoms with van der Waals surface area (Å²) in [6.45, 7) is 7.32. The molecule has 0 N–H and O–H groups in total. The summed E-state index contributed by atoms with van der Waals surface area (Å²) in [4.78, 5) is 12.2. The molecule has 0 saturated heterocycles. The van der Waals surface area contributed by atoms with Crippen molar-refractivity contribution in [2.24, 2.45) is 0 Å². The minimum atomic E-state index is 0.127. The number of Topliss-reactive ketones (excluding diaryl/α,β-unsaturated/α-hetero) is 1. The molecule has 1 heterocycles. The number of ketones is 1. The predicted molar refractivity (Wildman–Crippen MR) is 82.0 cm³/mol. The molecule has 0 aliphatic carbocycles. The topological polar surface area (TPSA) is 26.3 Å². The molecule has 0 fully saturated rings. The lowest BCUT2D eigenvalue weighted by Crippen LogP contribution is -2.11. The fraction of sp³-hybridized carbons (Fsp3) is 0.500. The zero-order valence-electron chi connectivity index (χ0n) is 12.7. The smallest absolute Gasteiger partial charge is 0.163 e. The number of carbonyl (C=O) groups is 1. The molecular formula is C18H24O2. The van der Waals surface area contributed by atoms with Crippen molar-refractivity contribution in [1.29, 1.82) is 0 Å². The van der Waals surface area contributed by atoms with E-state index < -0.39 is 0 Å². The maximum absolute atomic E-state index is 12.2. The van der Waals surface area contributed by atoms with Gasteiger partial charge in [0.15, 0.2) is 5.78 Å². The molecule has 0 amide bonds. The van der Waals surface area contributed by atoms with Gasteiger partial charge in [-0.2, -0.15) is 0 Å². The van der Waals surface area contributed by atoms with Gasteiger partial charge in [0.25, 0.3) is 0 Å². The van der Waals surface area contributed by atoms with Crippen molar-refractivity contribution in [3.63, 3.8) is 0 Å². The van der Waals surface area contributed by atoms with Crippen LogP contribution in [0.15, 0.2) is 36.1 Å². The van der Waals surface area contributed by atoms with Crippen LogP contribution >= 0.6 is 0 Å². The summed E-state index contributed by atoms with van der Waals surface area (Å²) in [5.74, 6) is 1.18. The van der Waals surface area contributed by atoms with Gasteiger partial charge in [0.1, 0.15) is 0 Å². The summed E-state index contributed by atoms with van der Waals surface area (Å²) in [6, 6.07) is 8.01. The summed E-state index contributed by atoms with van der Waals surface area (Å²) < 4.78 is 5.54. The highest BCUT2D eigenvalue weighted by molar-refractivity contribution is 5.96. The fourth-order valence-electron chi connectivity index (χ4n) is 2.32. The quantitative estimate of drug-likeness (QED) is 0.746. The Labute approximate surface area is 121 Å². The Morgan fingerprint density at radius 1 is 1.20 bits per heavy atom. The van der Waals surface area contributed by atoms with Crippen molar-refractivity contribution < 1.29 is 9.53 Å².